The highest BCUT2D eigenvalue weighted by molar-refractivity contribution is 7.18. The molecule has 1 atom stereocenters. The van der Waals surface area contributed by atoms with Gasteiger partial charge in [0.1, 0.15) is 10.7 Å². The third kappa shape index (κ3) is 2.37. The average molecular weight is 310 g/mol. The highest BCUT2D eigenvalue weighted by atomic mass is 32.1. The highest BCUT2D eigenvalue weighted by Crippen LogP contribution is 2.28. The zero-order valence-corrected chi connectivity index (χ0v) is 12.8. The molecule has 2 saturated heterocycles. The molecule has 0 aromatic carbocycles. The van der Waals surface area contributed by atoms with Gasteiger partial charge in [-0.05, 0) is 0 Å². The Bertz CT molecular complexity index is 586. The SMILES string of the molecule is CN(C)c1nc(N)c(C(=O)N2CCN3C(=O)NCC3C2)s1. The molecule has 3 N–H and O–H groups in total. The van der Waals surface area contributed by atoms with Crippen LogP contribution in [0.3, 0.4) is 0 Å². The van der Waals surface area contributed by atoms with Crippen molar-refractivity contribution in [3.05, 3.63) is 4.88 Å². The van der Waals surface area contributed by atoms with Gasteiger partial charge >= 0.3 is 6.03 Å². The number of carbonyl (C=O) groups excluding carboxylic acids is 2. The second kappa shape index (κ2) is 5.06. The molecule has 0 spiro atoms. The van der Waals surface area contributed by atoms with Crippen molar-refractivity contribution >= 4 is 34.2 Å². The van der Waals surface area contributed by atoms with Gasteiger partial charge in [0.05, 0.1) is 6.04 Å². The predicted molar refractivity (Wildman–Crippen MR) is 80.6 cm³/mol. The first-order chi connectivity index (χ1) is 9.97. The van der Waals surface area contributed by atoms with E-state index in [9.17, 15) is 9.59 Å². The van der Waals surface area contributed by atoms with Crippen molar-refractivity contribution in [1.29, 1.82) is 0 Å². The molecular formula is C12H18N6O2S. The Labute approximate surface area is 126 Å². The Morgan fingerprint density at radius 3 is 2.90 bits per heavy atom. The van der Waals surface area contributed by atoms with E-state index in [0.29, 0.717) is 36.2 Å². The van der Waals surface area contributed by atoms with Gasteiger partial charge in [0.2, 0.25) is 0 Å². The number of nitrogens with two attached hydrogens (primary N) is 1. The van der Waals surface area contributed by atoms with Gasteiger partial charge in [-0.3, -0.25) is 4.79 Å². The number of aromatic nitrogens is 1. The van der Waals surface area contributed by atoms with Gasteiger partial charge in [-0.2, -0.15) is 0 Å². The molecule has 8 nitrogen and oxygen atoms in total. The summed E-state index contributed by atoms with van der Waals surface area (Å²) in [5.74, 6) is 0.175. The second-order valence-corrected chi connectivity index (χ2v) is 6.37. The Morgan fingerprint density at radius 2 is 2.24 bits per heavy atom. The third-order valence-corrected chi connectivity index (χ3v) is 4.97. The van der Waals surface area contributed by atoms with Crippen LogP contribution in [0, 0.1) is 0 Å². The van der Waals surface area contributed by atoms with Crippen molar-refractivity contribution in [2.75, 3.05) is 50.9 Å². The number of piperazine rings is 1. The fourth-order valence-electron chi connectivity index (χ4n) is 2.60. The second-order valence-electron chi connectivity index (χ2n) is 5.39. The summed E-state index contributed by atoms with van der Waals surface area (Å²) in [4.78, 5) is 34.2. The summed E-state index contributed by atoms with van der Waals surface area (Å²) in [5, 5.41) is 3.51. The van der Waals surface area contributed by atoms with Gasteiger partial charge in [0.15, 0.2) is 5.13 Å². The van der Waals surface area contributed by atoms with E-state index in [-0.39, 0.29) is 23.8 Å². The molecule has 1 unspecified atom stereocenters. The van der Waals surface area contributed by atoms with Crippen LogP contribution in [0.15, 0.2) is 0 Å². The van der Waals surface area contributed by atoms with Crippen LogP contribution in [0.1, 0.15) is 9.67 Å². The van der Waals surface area contributed by atoms with Gasteiger partial charge in [-0.25, -0.2) is 9.78 Å². The van der Waals surface area contributed by atoms with Crippen LogP contribution >= 0.6 is 11.3 Å². The molecule has 3 amide bonds. The minimum atomic E-state index is -0.0999. The maximum absolute atomic E-state index is 12.6. The zero-order valence-electron chi connectivity index (χ0n) is 12.0. The summed E-state index contributed by atoms with van der Waals surface area (Å²) in [6.45, 7) is 2.20. The molecule has 1 aromatic heterocycles. The average Bonchev–Trinajstić information content (AvgIpc) is 3.02. The number of amides is 3. The standard InChI is InChI=1S/C12H18N6O2S/c1-16(2)12-15-9(13)8(21-12)10(19)17-3-4-18-7(6-17)5-14-11(18)20/h7H,3-6,13H2,1-2H3,(H,14,20). The van der Waals surface area contributed by atoms with Crippen LogP contribution in [-0.2, 0) is 0 Å². The van der Waals surface area contributed by atoms with E-state index >= 15 is 0 Å². The van der Waals surface area contributed by atoms with Crippen molar-refractivity contribution < 1.29 is 9.59 Å². The van der Waals surface area contributed by atoms with Crippen molar-refractivity contribution in [3.8, 4) is 0 Å². The molecule has 2 fully saturated rings. The summed E-state index contributed by atoms with van der Waals surface area (Å²) in [7, 11) is 3.72. The highest BCUT2D eigenvalue weighted by Gasteiger charge is 2.37. The van der Waals surface area contributed by atoms with Gasteiger partial charge in [0.25, 0.3) is 5.91 Å². The van der Waals surface area contributed by atoms with E-state index in [1.807, 2.05) is 19.0 Å². The Morgan fingerprint density at radius 1 is 1.48 bits per heavy atom. The molecule has 0 radical (unpaired) electrons. The lowest BCUT2D eigenvalue weighted by Crippen LogP contribution is -2.53. The Hall–Kier alpha value is -2.03. The third-order valence-electron chi connectivity index (χ3n) is 3.74. The number of urea groups is 1. The maximum Gasteiger partial charge on any atom is 0.317 e. The molecule has 0 bridgehead atoms. The lowest BCUT2D eigenvalue weighted by molar-refractivity contribution is 0.0622. The van der Waals surface area contributed by atoms with Crippen LogP contribution in [0.2, 0.25) is 0 Å². The first-order valence-electron chi connectivity index (χ1n) is 6.74. The first kappa shape index (κ1) is 13.9. The van der Waals surface area contributed by atoms with Crippen LogP contribution < -0.4 is 16.0 Å². The number of nitrogens with one attached hydrogen (secondary N) is 1. The number of nitrogen functional groups attached to an aromatic ring is 1. The minimum Gasteiger partial charge on any atom is -0.382 e. The van der Waals surface area contributed by atoms with Gasteiger partial charge in [0, 0.05) is 40.3 Å². The monoisotopic (exact) mass is 310 g/mol. The minimum absolute atomic E-state index is 0.0423. The number of thiazole rings is 1. The number of anilines is 2. The van der Waals surface area contributed by atoms with E-state index in [4.69, 9.17) is 5.73 Å². The number of carbonyl (C=O) groups is 2. The number of hydrogen-bond acceptors (Lipinski definition) is 6. The normalized spacial score (nSPS) is 21.2. The largest absolute Gasteiger partial charge is 0.382 e. The van der Waals surface area contributed by atoms with E-state index in [1.165, 1.54) is 11.3 Å². The van der Waals surface area contributed by atoms with E-state index in [1.54, 1.807) is 9.80 Å². The molecule has 2 aliphatic heterocycles. The van der Waals surface area contributed by atoms with Crippen LogP contribution in [0.5, 0.6) is 0 Å². The van der Waals surface area contributed by atoms with Gasteiger partial charge < -0.3 is 25.8 Å². The quantitative estimate of drug-likeness (QED) is 0.778. The van der Waals surface area contributed by atoms with Crippen molar-refractivity contribution in [3.63, 3.8) is 0 Å². The lowest BCUT2D eigenvalue weighted by Gasteiger charge is -2.36. The van der Waals surface area contributed by atoms with Crippen LogP contribution in [0.25, 0.3) is 0 Å². The van der Waals surface area contributed by atoms with E-state index in [2.05, 4.69) is 10.3 Å². The number of nitrogens with zero attached hydrogens (tertiary/aromatic N) is 4. The molecule has 3 rings (SSSR count). The molecule has 0 aliphatic carbocycles. The first-order valence-corrected chi connectivity index (χ1v) is 7.56. The molecule has 1 aromatic rings. The molecular weight excluding hydrogens is 292 g/mol. The van der Waals surface area contributed by atoms with Crippen molar-refractivity contribution in [2.45, 2.75) is 6.04 Å². The van der Waals surface area contributed by atoms with E-state index < -0.39 is 0 Å². The predicted octanol–water partition coefficient (Wildman–Crippen LogP) is -0.359. The van der Waals surface area contributed by atoms with Gasteiger partial charge in [-0.15, -0.1) is 0 Å². The van der Waals surface area contributed by atoms with Crippen LogP contribution in [-0.4, -0.2) is 73.0 Å². The fraction of sp³-hybridized carbons (Fsp3) is 0.583. The molecule has 9 heteroatoms. The van der Waals surface area contributed by atoms with Crippen molar-refractivity contribution in [2.24, 2.45) is 0 Å². The fourth-order valence-corrected chi connectivity index (χ4v) is 3.47. The van der Waals surface area contributed by atoms with E-state index in [0.717, 1.165) is 0 Å². The maximum atomic E-state index is 12.6. The number of fused-ring (bicyclic) bond motifs is 1. The molecule has 2 aliphatic rings. The van der Waals surface area contributed by atoms with Crippen molar-refractivity contribution in [1.82, 2.24) is 20.1 Å². The summed E-state index contributed by atoms with van der Waals surface area (Å²) in [5.41, 5.74) is 5.86. The molecule has 21 heavy (non-hydrogen) atoms. The topological polar surface area (TPSA) is 94.8 Å². The lowest BCUT2D eigenvalue weighted by atomic mass is 10.2. The summed E-state index contributed by atoms with van der Waals surface area (Å²) >= 11 is 1.30. The zero-order chi connectivity index (χ0) is 15.1. The summed E-state index contributed by atoms with van der Waals surface area (Å²) < 4.78 is 0. The van der Waals surface area contributed by atoms with Gasteiger partial charge in [-0.1, -0.05) is 11.3 Å². The summed E-state index contributed by atoms with van der Waals surface area (Å²) in [6, 6.07) is 0.0111. The molecule has 114 valence electrons. The number of hydrogen-bond donors (Lipinski definition) is 2. The molecule has 3 heterocycles. The van der Waals surface area contributed by atoms with Crippen LogP contribution in [0.4, 0.5) is 15.7 Å². The summed E-state index contributed by atoms with van der Waals surface area (Å²) in [6.07, 6.45) is 0. The Balaban J connectivity index is 1.75. The Kier molecular flexibility index (Phi) is 3.36. The smallest absolute Gasteiger partial charge is 0.317 e. The number of rotatable bonds is 2. The molecule has 0 saturated carbocycles.